The van der Waals surface area contributed by atoms with E-state index in [9.17, 15) is 18.0 Å². The van der Waals surface area contributed by atoms with Gasteiger partial charge >= 0.3 is 4.87 Å². The Morgan fingerprint density at radius 1 is 1.14 bits per heavy atom. The maximum absolute atomic E-state index is 13.3. The zero-order valence-corrected chi connectivity index (χ0v) is 22.6. The predicted molar refractivity (Wildman–Crippen MR) is 144 cm³/mol. The fourth-order valence-electron chi connectivity index (χ4n) is 6.43. The molecule has 11 heteroatoms. The first-order valence-corrected chi connectivity index (χ1v) is 15.4. The minimum absolute atomic E-state index is 0.0344. The van der Waals surface area contributed by atoms with E-state index in [0.717, 1.165) is 21.2 Å². The summed E-state index contributed by atoms with van der Waals surface area (Å²) in [7, 11) is -2.13. The fraction of sp³-hybridized carbons (Fsp3) is 0.385. The number of nitrogens with two attached hydrogens (primary N) is 1. The van der Waals surface area contributed by atoms with Crippen LogP contribution >= 0.6 is 23.1 Å². The van der Waals surface area contributed by atoms with Crippen molar-refractivity contribution < 1.29 is 17.9 Å². The number of sulfonamides is 1. The quantitative estimate of drug-likeness (QED) is 0.475. The lowest BCUT2D eigenvalue weighted by Gasteiger charge is -2.40. The summed E-state index contributed by atoms with van der Waals surface area (Å²) >= 11 is 3.01. The Balaban J connectivity index is 1.33. The molecule has 1 aliphatic heterocycles. The number of carbonyl (C=O) groups excluding carboxylic acids is 1. The van der Waals surface area contributed by atoms with Crippen LogP contribution < -0.4 is 20.1 Å². The summed E-state index contributed by atoms with van der Waals surface area (Å²) in [6.45, 7) is -0.112. The first kappa shape index (κ1) is 24.7. The van der Waals surface area contributed by atoms with Gasteiger partial charge in [0, 0.05) is 27.3 Å². The number of fused-ring (bicyclic) bond motifs is 6. The number of para-hydroxylation sites is 1. The molecular weight excluding hydrogens is 531 g/mol. The number of hydrogen-bond donors (Lipinski definition) is 2. The molecular formula is C26H27N3O5S3. The molecule has 0 saturated heterocycles. The average Bonchev–Trinajstić information content (AvgIpc) is 3.57. The van der Waals surface area contributed by atoms with Gasteiger partial charge in [0.25, 0.3) is 0 Å². The Hall–Kier alpha value is -2.60. The molecule has 1 aromatic heterocycles. The monoisotopic (exact) mass is 557 g/mol. The highest BCUT2D eigenvalue weighted by molar-refractivity contribution is 8.00. The lowest BCUT2D eigenvalue weighted by molar-refractivity contribution is -0.116. The Labute approximate surface area is 223 Å². The van der Waals surface area contributed by atoms with E-state index in [-0.39, 0.29) is 28.1 Å². The number of nitrogens with one attached hydrogen (secondary N) is 1. The second-order valence-corrected chi connectivity index (χ2v) is 13.7. The van der Waals surface area contributed by atoms with Gasteiger partial charge in [0.2, 0.25) is 15.9 Å². The van der Waals surface area contributed by atoms with E-state index in [0.29, 0.717) is 28.7 Å². The van der Waals surface area contributed by atoms with E-state index < -0.39 is 10.0 Å². The second kappa shape index (κ2) is 9.30. The van der Waals surface area contributed by atoms with Gasteiger partial charge in [0.15, 0.2) is 0 Å². The fourth-order valence-corrected chi connectivity index (χ4v) is 10.1. The van der Waals surface area contributed by atoms with Gasteiger partial charge in [-0.2, -0.15) is 0 Å². The number of anilines is 1. The van der Waals surface area contributed by atoms with Gasteiger partial charge in [-0.05, 0) is 67.3 Å². The molecule has 5 atom stereocenters. The number of hydrogen-bond acceptors (Lipinski definition) is 7. The van der Waals surface area contributed by atoms with Crippen molar-refractivity contribution in [3.63, 3.8) is 0 Å². The first-order chi connectivity index (χ1) is 17.7. The van der Waals surface area contributed by atoms with Crippen LogP contribution in [-0.2, 0) is 21.4 Å². The van der Waals surface area contributed by atoms with Crippen molar-refractivity contribution in [3.05, 3.63) is 68.6 Å². The molecule has 3 aromatic rings. The Morgan fingerprint density at radius 3 is 2.59 bits per heavy atom. The molecule has 8 nitrogen and oxygen atoms in total. The van der Waals surface area contributed by atoms with E-state index in [1.54, 1.807) is 23.4 Å². The number of primary sulfonamides is 1. The van der Waals surface area contributed by atoms with E-state index in [1.165, 1.54) is 54.9 Å². The highest BCUT2D eigenvalue weighted by atomic mass is 32.2. The highest BCUT2D eigenvalue weighted by Gasteiger charge is 2.55. The molecule has 2 heterocycles. The van der Waals surface area contributed by atoms with Crippen LogP contribution in [0.15, 0.2) is 63.2 Å². The van der Waals surface area contributed by atoms with Crippen LogP contribution in [0.4, 0.5) is 5.69 Å². The van der Waals surface area contributed by atoms with Crippen molar-refractivity contribution >= 4 is 44.7 Å². The van der Waals surface area contributed by atoms with E-state index in [1.807, 2.05) is 18.2 Å². The summed E-state index contributed by atoms with van der Waals surface area (Å²) in [5.41, 5.74) is 1.55. The SMILES string of the molecule is COc1ccccc1C1c2sc(=O)n(CC(=O)Nc3ccc(S(N)(=O)=O)cc3)c2SC2C3CCC(C3)C12. The molecule has 6 rings (SSSR count). The number of amides is 1. The van der Waals surface area contributed by atoms with Crippen LogP contribution in [0.1, 0.15) is 35.6 Å². The van der Waals surface area contributed by atoms with Gasteiger partial charge in [0.05, 0.1) is 17.0 Å². The van der Waals surface area contributed by atoms with Crippen LogP contribution in [0.3, 0.4) is 0 Å². The summed E-state index contributed by atoms with van der Waals surface area (Å²) < 4.78 is 30.3. The maximum Gasteiger partial charge on any atom is 0.308 e. The minimum Gasteiger partial charge on any atom is -0.496 e. The number of aromatic nitrogens is 1. The smallest absolute Gasteiger partial charge is 0.308 e. The Kier molecular flexibility index (Phi) is 6.21. The number of ether oxygens (including phenoxy) is 1. The van der Waals surface area contributed by atoms with Crippen molar-refractivity contribution in [2.75, 3.05) is 12.4 Å². The molecule has 0 spiro atoms. The third-order valence-corrected chi connectivity index (χ3v) is 11.7. The third-order valence-electron chi connectivity index (χ3n) is 7.93. The number of methoxy groups -OCH3 is 1. The number of nitrogens with zero attached hydrogens (tertiary/aromatic N) is 1. The zero-order chi connectivity index (χ0) is 25.9. The molecule has 2 bridgehead atoms. The summed E-state index contributed by atoms with van der Waals surface area (Å²) in [6.07, 6.45) is 3.67. The van der Waals surface area contributed by atoms with Gasteiger partial charge in [-0.25, -0.2) is 13.6 Å². The molecule has 2 fully saturated rings. The number of rotatable bonds is 6. The van der Waals surface area contributed by atoms with E-state index in [4.69, 9.17) is 9.88 Å². The van der Waals surface area contributed by atoms with E-state index >= 15 is 0 Å². The molecule has 2 saturated carbocycles. The summed E-state index contributed by atoms with van der Waals surface area (Å²) in [5.74, 6) is 2.26. The van der Waals surface area contributed by atoms with Gasteiger partial charge in [-0.1, -0.05) is 29.5 Å². The number of carbonyl (C=O) groups is 1. The van der Waals surface area contributed by atoms with Crippen LogP contribution in [-0.4, -0.2) is 31.3 Å². The summed E-state index contributed by atoms with van der Waals surface area (Å²) in [4.78, 5) is 27.1. The molecule has 5 unspecified atom stereocenters. The number of thioether (sulfide) groups is 1. The van der Waals surface area contributed by atoms with Crippen molar-refractivity contribution in [1.29, 1.82) is 0 Å². The van der Waals surface area contributed by atoms with Crippen molar-refractivity contribution in [2.45, 2.75) is 46.9 Å². The Bertz CT molecular complexity index is 1530. The molecule has 3 N–H and O–H groups in total. The lowest BCUT2D eigenvalue weighted by atomic mass is 9.74. The summed E-state index contributed by atoms with van der Waals surface area (Å²) in [6, 6.07) is 13.7. The van der Waals surface area contributed by atoms with Crippen LogP contribution in [0, 0.1) is 17.8 Å². The van der Waals surface area contributed by atoms with Crippen molar-refractivity contribution in [2.24, 2.45) is 22.9 Å². The minimum atomic E-state index is -3.82. The average molecular weight is 558 g/mol. The molecule has 3 aliphatic rings. The third kappa shape index (κ3) is 4.31. The van der Waals surface area contributed by atoms with Gasteiger partial charge in [-0.15, -0.1) is 11.8 Å². The number of thiazole rings is 1. The molecule has 2 aromatic carbocycles. The molecule has 0 radical (unpaired) electrons. The van der Waals surface area contributed by atoms with Crippen molar-refractivity contribution in [1.82, 2.24) is 4.57 Å². The van der Waals surface area contributed by atoms with Crippen molar-refractivity contribution in [3.8, 4) is 5.75 Å². The predicted octanol–water partition coefficient (Wildman–Crippen LogP) is 3.86. The number of benzene rings is 2. The lowest BCUT2D eigenvalue weighted by Crippen LogP contribution is -2.35. The largest absolute Gasteiger partial charge is 0.496 e. The van der Waals surface area contributed by atoms with Crippen LogP contribution in [0.25, 0.3) is 0 Å². The highest BCUT2D eigenvalue weighted by Crippen LogP contribution is 2.64. The maximum atomic E-state index is 13.3. The second-order valence-electron chi connectivity index (χ2n) is 9.95. The van der Waals surface area contributed by atoms with Crippen LogP contribution in [0.5, 0.6) is 5.75 Å². The molecule has 2 aliphatic carbocycles. The zero-order valence-electron chi connectivity index (χ0n) is 20.1. The molecule has 1 amide bonds. The van der Waals surface area contributed by atoms with Gasteiger partial charge in [-0.3, -0.25) is 14.2 Å². The van der Waals surface area contributed by atoms with Gasteiger partial charge in [0.1, 0.15) is 12.3 Å². The Morgan fingerprint density at radius 2 is 1.86 bits per heavy atom. The standard InChI is InChI=1S/C26H27N3O5S3/c1-34-19-5-3-2-4-18(19)22-21-14-6-7-15(12-14)23(21)35-25-24(22)36-26(31)29(25)13-20(30)28-16-8-10-17(11-9-16)37(27,32)33/h2-5,8-11,14-15,21-23H,6-7,12-13H2,1H3,(H,28,30)(H2,27,32,33). The normalized spacial score (nSPS) is 25.9. The molecule has 37 heavy (non-hydrogen) atoms. The van der Waals surface area contributed by atoms with E-state index in [2.05, 4.69) is 11.4 Å². The van der Waals surface area contributed by atoms with Crippen LogP contribution in [0.2, 0.25) is 0 Å². The topological polar surface area (TPSA) is 120 Å². The molecule has 194 valence electrons. The first-order valence-electron chi connectivity index (χ1n) is 12.2. The van der Waals surface area contributed by atoms with Gasteiger partial charge < -0.3 is 10.1 Å². The summed E-state index contributed by atoms with van der Waals surface area (Å²) in [5, 5.41) is 9.22.